The minimum absolute atomic E-state index is 0. The Kier molecular flexibility index (Phi) is 33.3. The molecule has 3 nitrogen and oxygen atoms in total. The van der Waals surface area contributed by atoms with Crippen LogP contribution >= 0.6 is 0 Å². The molecule has 0 aromatic carbocycles. The molecule has 249 valence electrons. The maximum absolute atomic E-state index is 2.56. The minimum atomic E-state index is 0. The average Bonchev–Trinajstić information content (AvgIpc) is 3.80. The van der Waals surface area contributed by atoms with Gasteiger partial charge in [-0.3, -0.25) is 14.7 Å². The van der Waals surface area contributed by atoms with Crippen molar-refractivity contribution in [3.8, 4) is 0 Å². The van der Waals surface area contributed by atoms with Crippen molar-refractivity contribution in [3.63, 3.8) is 0 Å². The molecule has 0 amide bonds. The fraction of sp³-hybridized carbons (Fsp3) is 0.692. The molecule has 6 heteroatoms. The van der Waals surface area contributed by atoms with Gasteiger partial charge in [-0.15, -0.1) is 0 Å². The summed E-state index contributed by atoms with van der Waals surface area (Å²) in [7, 11) is 0. The number of fused-ring (bicyclic) bond motifs is 1. The van der Waals surface area contributed by atoms with E-state index in [1.165, 1.54) is 77.8 Å². The summed E-state index contributed by atoms with van der Waals surface area (Å²) in [6.45, 7) is 33.0. The van der Waals surface area contributed by atoms with Crippen molar-refractivity contribution in [2.45, 2.75) is 140 Å². The number of piperidine rings is 1. The first-order valence-electron chi connectivity index (χ1n) is 17.7. The Bertz CT molecular complexity index is 964. The third-order valence-corrected chi connectivity index (χ3v) is 8.78. The number of hydrogen-bond donors (Lipinski definition) is 0. The summed E-state index contributed by atoms with van der Waals surface area (Å²) in [6, 6.07) is 2.11. The maximum atomic E-state index is 2.56. The number of hydrogen-bond acceptors (Lipinski definition) is 3. The molecule has 0 saturated carbocycles. The van der Waals surface area contributed by atoms with Gasteiger partial charge in [-0.05, 0) is 108 Å². The van der Waals surface area contributed by atoms with E-state index in [2.05, 4.69) is 92.7 Å². The van der Waals surface area contributed by atoms with Gasteiger partial charge in [0.25, 0.3) is 0 Å². The van der Waals surface area contributed by atoms with Gasteiger partial charge in [0.15, 0.2) is 0 Å². The first kappa shape index (κ1) is 51.0. The summed E-state index contributed by atoms with van der Waals surface area (Å²) in [6.07, 6.45) is 21.4. The van der Waals surface area contributed by atoms with Crippen molar-refractivity contribution >= 4 is 0 Å². The molecule has 0 spiro atoms. The van der Waals surface area contributed by atoms with Crippen LogP contribution in [-0.2, 0) is 98.1 Å². The predicted molar refractivity (Wildman–Crippen MR) is 190 cm³/mol. The summed E-state index contributed by atoms with van der Waals surface area (Å²) in [5, 5.41) is 0. The molecule has 3 radical (unpaired) electrons. The van der Waals surface area contributed by atoms with Gasteiger partial charge in [-0.25, -0.2) is 0 Å². The topological polar surface area (TPSA) is 9.72 Å². The molecular formula is C39H69N3Y3. The van der Waals surface area contributed by atoms with E-state index in [4.69, 9.17) is 0 Å². The molecule has 0 aromatic heterocycles. The Morgan fingerprint density at radius 2 is 0.933 bits per heavy atom. The molecule has 1 saturated heterocycles. The maximum Gasteiger partial charge on any atom is 0.0236 e. The van der Waals surface area contributed by atoms with Gasteiger partial charge in [0.1, 0.15) is 0 Å². The van der Waals surface area contributed by atoms with Crippen LogP contribution in [0.3, 0.4) is 0 Å². The Hall–Kier alpha value is 1.63. The molecule has 45 heavy (non-hydrogen) atoms. The minimum Gasteiger partial charge on any atom is -0.297 e. The van der Waals surface area contributed by atoms with Crippen LogP contribution in [0.5, 0.6) is 0 Å². The third kappa shape index (κ3) is 17.4. The summed E-state index contributed by atoms with van der Waals surface area (Å²) in [5.74, 6) is 0. The molecule has 3 aliphatic heterocycles. The van der Waals surface area contributed by atoms with Gasteiger partial charge in [0.05, 0.1) is 0 Å². The van der Waals surface area contributed by atoms with E-state index < -0.39 is 0 Å². The van der Waals surface area contributed by atoms with Crippen molar-refractivity contribution in [1.29, 1.82) is 0 Å². The predicted octanol–water partition coefficient (Wildman–Crippen LogP) is 10.1. The first-order chi connectivity index (χ1) is 20.3. The Morgan fingerprint density at radius 1 is 0.489 bits per heavy atom. The van der Waals surface area contributed by atoms with Gasteiger partial charge in [-0.1, -0.05) is 83.6 Å². The SMILES string of the molecule is CC.CC.CC.CC(C)N1CCC2=C(C=CC2)C1.CC(C)N1CCC2=C(CC=C2)C1.CC(C)N1CCC2=CCC=C2C1.[Y].[Y].[Y]. The van der Waals surface area contributed by atoms with Crippen molar-refractivity contribution in [2.75, 3.05) is 39.3 Å². The van der Waals surface area contributed by atoms with Gasteiger partial charge in [0.2, 0.25) is 0 Å². The van der Waals surface area contributed by atoms with Crippen LogP contribution in [0.4, 0.5) is 0 Å². The van der Waals surface area contributed by atoms with Crippen LogP contribution in [0.15, 0.2) is 69.9 Å². The smallest absolute Gasteiger partial charge is 0.0236 e. The molecule has 0 N–H and O–H groups in total. The normalized spacial score (nSPS) is 19.5. The zero-order chi connectivity index (χ0) is 31.7. The van der Waals surface area contributed by atoms with Crippen molar-refractivity contribution in [1.82, 2.24) is 14.7 Å². The standard InChI is InChI=1S/3C11H17N.3C2H6.3Y/c3*1-9(2)12-7-6-10-4-3-5-11(10)8-12;3*1-2;;;/h4-5,9H,3,6-8H2,1-2H3;3,5,9H,4,6-8H2,1-2H3;3-4,9H,5-8H2,1-2H3;3*1-2H3;;;. The zero-order valence-electron chi connectivity index (χ0n) is 31.8. The summed E-state index contributed by atoms with van der Waals surface area (Å²) < 4.78 is 0. The Morgan fingerprint density at radius 3 is 1.51 bits per heavy atom. The fourth-order valence-electron chi connectivity index (χ4n) is 6.12. The molecular weight excluding hydrogens is 777 g/mol. The second-order valence-corrected chi connectivity index (χ2v) is 12.1. The summed E-state index contributed by atoms with van der Waals surface area (Å²) in [4.78, 5) is 7.66. The van der Waals surface area contributed by atoms with Gasteiger partial charge in [0, 0.05) is 156 Å². The third-order valence-electron chi connectivity index (χ3n) is 8.78. The molecule has 3 heterocycles. The quantitative estimate of drug-likeness (QED) is 0.280. The van der Waals surface area contributed by atoms with Gasteiger partial charge < -0.3 is 0 Å². The van der Waals surface area contributed by atoms with Crippen molar-refractivity contribution in [2.24, 2.45) is 0 Å². The Balaban J connectivity index is -0.000000526. The van der Waals surface area contributed by atoms with E-state index in [0.29, 0.717) is 18.1 Å². The summed E-state index contributed by atoms with van der Waals surface area (Å²) >= 11 is 0. The van der Waals surface area contributed by atoms with Crippen LogP contribution in [0.25, 0.3) is 0 Å². The number of likely N-dealkylation sites (tertiary alicyclic amines) is 1. The number of nitrogens with zero attached hydrogens (tertiary/aromatic N) is 3. The van der Waals surface area contributed by atoms with E-state index in [-0.39, 0.29) is 98.1 Å². The zero-order valence-corrected chi connectivity index (χ0v) is 40.3. The largest absolute Gasteiger partial charge is 0.297 e. The van der Waals surface area contributed by atoms with E-state index in [0.717, 1.165) is 0 Å². The summed E-state index contributed by atoms with van der Waals surface area (Å²) in [5.41, 5.74) is 9.77. The monoisotopic (exact) mass is 846 g/mol. The molecule has 3 aliphatic carbocycles. The van der Waals surface area contributed by atoms with Crippen molar-refractivity contribution < 1.29 is 98.1 Å². The van der Waals surface area contributed by atoms with Gasteiger partial charge >= 0.3 is 0 Å². The molecule has 0 atom stereocenters. The van der Waals surface area contributed by atoms with Crippen LogP contribution in [0.2, 0.25) is 0 Å². The Labute approximate surface area is 357 Å². The van der Waals surface area contributed by atoms with Crippen LogP contribution in [-0.4, -0.2) is 72.1 Å². The second kappa shape index (κ2) is 29.4. The van der Waals surface area contributed by atoms with Crippen LogP contribution in [0.1, 0.15) is 122 Å². The van der Waals surface area contributed by atoms with Crippen LogP contribution < -0.4 is 0 Å². The average molecular weight is 847 g/mol. The van der Waals surface area contributed by atoms with E-state index >= 15 is 0 Å². The number of rotatable bonds is 3. The van der Waals surface area contributed by atoms with E-state index in [1.807, 2.05) is 41.5 Å². The fourth-order valence-corrected chi connectivity index (χ4v) is 6.12. The van der Waals surface area contributed by atoms with E-state index in [1.54, 1.807) is 33.4 Å². The van der Waals surface area contributed by atoms with Crippen molar-refractivity contribution in [3.05, 3.63) is 69.9 Å². The molecule has 6 rings (SSSR count). The van der Waals surface area contributed by atoms with E-state index in [9.17, 15) is 0 Å². The molecule has 0 unspecified atom stereocenters. The number of allylic oxidation sites excluding steroid dienone is 5. The molecule has 0 bridgehead atoms. The molecule has 1 fully saturated rings. The first-order valence-corrected chi connectivity index (χ1v) is 17.7. The second-order valence-electron chi connectivity index (χ2n) is 12.1. The van der Waals surface area contributed by atoms with Gasteiger partial charge in [-0.2, -0.15) is 0 Å². The molecule has 0 aromatic rings. The molecule has 6 aliphatic rings. The van der Waals surface area contributed by atoms with Crippen LogP contribution in [0, 0.1) is 0 Å².